The Labute approximate surface area is 85.5 Å². The summed E-state index contributed by atoms with van der Waals surface area (Å²) >= 11 is 0. The van der Waals surface area contributed by atoms with Gasteiger partial charge in [0.05, 0.1) is 5.54 Å². The molecule has 0 radical (unpaired) electrons. The van der Waals surface area contributed by atoms with Gasteiger partial charge in [0.15, 0.2) is 5.82 Å². The first-order valence-electron chi connectivity index (χ1n) is 5.35. The third kappa shape index (κ3) is 1.95. The Kier molecular flexibility index (Phi) is 3.63. The summed E-state index contributed by atoms with van der Waals surface area (Å²) in [5.41, 5.74) is 5.96. The van der Waals surface area contributed by atoms with Crippen LogP contribution in [0, 0.1) is 0 Å². The summed E-state index contributed by atoms with van der Waals surface area (Å²) in [7, 11) is 0. The molecule has 1 rings (SSSR count). The van der Waals surface area contributed by atoms with Crippen LogP contribution in [0.2, 0.25) is 0 Å². The minimum atomic E-state index is -0.314. The molecule has 4 nitrogen and oxygen atoms in total. The van der Waals surface area contributed by atoms with Gasteiger partial charge in [-0.1, -0.05) is 20.8 Å². The van der Waals surface area contributed by atoms with Crippen LogP contribution in [0.25, 0.3) is 0 Å². The fraction of sp³-hybridized carbons (Fsp3) is 0.800. The van der Waals surface area contributed by atoms with Crippen molar-refractivity contribution in [3.05, 3.63) is 12.2 Å². The van der Waals surface area contributed by atoms with Crippen LogP contribution in [0.4, 0.5) is 0 Å². The smallest absolute Gasteiger partial charge is 0.152 e. The van der Waals surface area contributed by atoms with Crippen LogP contribution in [0.1, 0.15) is 45.9 Å². The van der Waals surface area contributed by atoms with E-state index >= 15 is 0 Å². The molecule has 0 aliphatic carbocycles. The lowest BCUT2D eigenvalue weighted by Crippen LogP contribution is -2.38. The monoisotopic (exact) mass is 196 g/mol. The minimum absolute atomic E-state index is 0.314. The van der Waals surface area contributed by atoms with Gasteiger partial charge in [0.25, 0.3) is 0 Å². The maximum Gasteiger partial charge on any atom is 0.152 e. The molecule has 0 atom stereocenters. The van der Waals surface area contributed by atoms with Crippen LogP contribution in [-0.4, -0.2) is 14.8 Å². The fourth-order valence-electron chi connectivity index (χ4n) is 1.61. The van der Waals surface area contributed by atoms with Gasteiger partial charge in [-0.25, -0.2) is 0 Å². The average molecular weight is 196 g/mol. The van der Waals surface area contributed by atoms with Gasteiger partial charge >= 0.3 is 0 Å². The second-order valence-electron chi connectivity index (χ2n) is 3.71. The number of hydrogen-bond acceptors (Lipinski definition) is 3. The Morgan fingerprint density at radius 2 is 2.00 bits per heavy atom. The lowest BCUT2D eigenvalue weighted by atomic mass is 9.93. The molecule has 14 heavy (non-hydrogen) atoms. The zero-order valence-electron chi connectivity index (χ0n) is 9.32. The van der Waals surface area contributed by atoms with Gasteiger partial charge in [0.1, 0.15) is 6.33 Å². The minimum Gasteiger partial charge on any atom is -0.319 e. The first-order chi connectivity index (χ1) is 6.68. The van der Waals surface area contributed by atoms with E-state index in [1.165, 1.54) is 0 Å². The molecule has 4 heteroatoms. The van der Waals surface area contributed by atoms with Gasteiger partial charge in [-0.2, -0.15) is 0 Å². The molecule has 0 aliphatic heterocycles. The molecule has 1 aromatic heterocycles. The normalized spacial score (nSPS) is 12.0. The first-order valence-corrected chi connectivity index (χ1v) is 5.35. The Morgan fingerprint density at radius 3 is 2.50 bits per heavy atom. The Balaban J connectivity index is 2.97. The summed E-state index contributed by atoms with van der Waals surface area (Å²) in [4.78, 5) is 0. The van der Waals surface area contributed by atoms with E-state index < -0.39 is 0 Å². The van der Waals surface area contributed by atoms with Crippen LogP contribution in [0.5, 0.6) is 0 Å². The average Bonchev–Trinajstić information content (AvgIpc) is 2.66. The maximum absolute atomic E-state index is 6.27. The molecule has 0 aromatic carbocycles. The van der Waals surface area contributed by atoms with Gasteiger partial charge in [0, 0.05) is 6.54 Å². The summed E-state index contributed by atoms with van der Waals surface area (Å²) in [6.07, 6.45) is 4.64. The number of hydrogen-bond donors (Lipinski definition) is 1. The molecule has 0 aliphatic rings. The molecule has 0 amide bonds. The lowest BCUT2D eigenvalue weighted by Gasteiger charge is -2.25. The highest BCUT2D eigenvalue weighted by atomic mass is 15.3. The molecule has 0 spiro atoms. The predicted molar refractivity (Wildman–Crippen MR) is 56.8 cm³/mol. The summed E-state index contributed by atoms with van der Waals surface area (Å²) < 4.78 is 2.06. The van der Waals surface area contributed by atoms with Crippen molar-refractivity contribution in [3.8, 4) is 0 Å². The van der Waals surface area contributed by atoms with Crippen molar-refractivity contribution in [2.45, 2.75) is 52.1 Å². The lowest BCUT2D eigenvalue weighted by molar-refractivity contribution is 0.367. The summed E-state index contributed by atoms with van der Waals surface area (Å²) in [6, 6.07) is 0. The molecule has 0 fully saturated rings. The molecule has 2 N–H and O–H groups in total. The van der Waals surface area contributed by atoms with Crippen LogP contribution in [0.15, 0.2) is 6.33 Å². The van der Waals surface area contributed by atoms with Gasteiger partial charge in [-0.05, 0) is 19.3 Å². The van der Waals surface area contributed by atoms with E-state index in [2.05, 4.69) is 35.5 Å². The summed E-state index contributed by atoms with van der Waals surface area (Å²) in [5, 5.41) is 8.07. The summed E-state index contributed by atoms with van der Waals surface area (Å²) in [5.74, 6) is 0.921. The van der Waals surface area contributed by atoms with E-state index in [1.807, 2.05) is 0 Å². The zero-order valence-corrected chi connectivity index (χ0v) is 9.32. The van der Waals surface area contributed by atoms with Crippen molar-refractivity contribution in [2.24, 2.45) is 5.73 Å². The molecular weight excluding hydrogens is 176 g/mol. The third-order valence-corrected chi connectivity index (χ3v) is 2.79. The molecule has 0 bridgehead atoms. The highest BCUT2D eigenvalue weighted by Crippen LogP contribution is 2.23. The fourth-order valence-corrected chi connectivity index (χ4v) is 1.61. The Bertz CT molecular complexity index is 275. The predicted octanol–water partition coefficient (Wildman–Crippen LogP) is 1.66. The summed E-state index contributed by atoms with van der Waals surface area (Å²) in [6.45, 7) is 7.27. The van der Waals surface area contributed by atoms with Crippen molar-refractivity contribution >= 4 is 0 Å². The topological polar surface area (TPSA) is 56.7 Å². The third-order valence-electron chi connectivity index (χ3n) is 2.79. The van der Waals surface area contributed by atoms with Gasteiger partial charge in [-0.15, -0.1) is 10.2 Å². The molecule has 80 valence electrons. The number of rotatable bonds is 5. The zero-order chi connectivity index (χ0) is 10.6. The molecule has 1 heterocycles. The van der Waals surface area contributed by atoms with E-state index in [9.17, 15) is 0 Å². The van der Waals surface area contributed by atoms with Gasteiger partial charge in [-0.3, -0.25) is 0 Å². The van der Waals surface area contributed by atoms with E-state index in [-0.39, 0.29) is 5.54 Å². The second kappa shape index (κ2) is 4.55. The number of aryl methyl sites for hydroxylation is 1. The molecule has 0 saturated heterocycles. The van der Waals surface area contributed by atoms with E-state index in [0.29, 0.717) is 0 Å². The SMILES string of the molecule is CCCn1cnnc1C(N)(CC)CC. The van der Waals surface area contributed by atoms with Crippen molar-refractivity contribution in [1.29, 1.82) is 0 Å². The van der Waals surface area contributed by atoms with Crippen LogP contribution in [-0.2, 0) is 12.1 Å². The van der Waals surface area contributed by atoms with E-state index in [1.54, 1.807) is 6.33 Å². The van der Waals surface area contributed by atoms with Gasteiger partial charge < -0.3 is 10.3 Å². The van der Waals surface area contributed by atoms with E-state index in [4.69, 9.17) is 5.73 Å². The van der Waals surface area contributed by atoms with Crippen molar-refractivity contribution in [1.82, 2.24) is 14.8 Å². The second-order valence-corrected chi connectivity index (χ2v) is 3.71. The Hall–Kier alpha value is -0.900. The van der Waals surface area contributed by atoms with Crippen LogP contribution < -0.4 is 5.73 Å². The highest BCUT2D eigenvalue weighted by molar-refractivity contribution is 5.04. The van der Waals surface area contributed by atoms with Crippen molar-refractivity contribution in [2.75, 3.05) is 0 Å². The molecule has 1 aromatic rings. The number of nitrogens with zero attached hydrogens (tertiary/aromatic N) is 3. The largest absolute Gasteiger partial charge is 0.319 e. The highest BCUT2D eigenvalue weighted by Gasteiger charge is 2.28. The van der Waals surface area contributed by atoms with Crippen molar-refractivity contribution in [3.63, 3.8) is 0 Å². The maximum atomic E-state index is 6.27. The van der Waals surface area contributed by atoms with Crippen LogP contribution >= 0.6 is 0 Å². The number of nitrogens with two attached hydrogens (primary N) is 1. The molecular formula is C10H20N4. The first kappa shape index (κ1) is 11.2. The quantitative estimate of drug-likeness (QED) is 0.779. The van der Waals surface area contributed by atoms with Gasteiger partial charge in [0.2, 0.25) is 0 Å². The van der Waals surface area contributed by atoms with E-state index in [0.717, 1.165) is 31.6 Å². The molecule has 0 unspecified atom stereocenters. The van der Waals surface area contributed by atoms with Crippen LogP contribution in [0.3, 0.4) is 0 Å². The molecule has 0 saturated carbocycles. The Morgan fingerprint density at radius 1 is 1.36 bits per heavy atom. The standard InChI is InChI=1S/C10H20N4/c1-4-7-14-8-12-13-9(14)10(11,5-2)6-3/h8H,4-7,11H2,1-3H3. The number of aromatic nitrogens is 3. The van der Waals surface area contributed by atoms with Crippen molar-refractivity contribution < 1.29 is 0 Å².